The van der Waals surface area contributed by atoms with Crippen LogP contribution < -0.4 is 40.5 Å². The van der Waals surface area contributed by atoms with E-state index in [2.05, 4.69) is 98.5 Å². The van der Waals surface area contributed by atoms with Crippen LogP contribution in [0.2, 0.25) is 20.1 Å². The molecule has 8 heterocycles. The molecule has 14 rings (SSSR count). The number of benzene rings is 6. The van der Waals surface area contributed by atoms with Crippen LogP contribution in [-0.4, -0.2) is 149 Å². The maximum atomic E-state index is 12.8. The van der Waals surface area contributed by atoms with Crippen LogP contribution in [0.3, 0.4) is 0 Å². The number of halogens is 4. The van der Waals surface area contributed by atoms with E-state index in [0.29, 0.717) is 57.6 Å². The molecule has 0 amide bonds. The molecule has 0 N–H and O–H groups in total. The second-order valence-electron chi connectivity index (χ2n) is 24.6. The van der Waals surface area contributed by atoms with Gasteiger partial charge in [-0.05, 0) is 148 Å². The summed E-state index contributed by atoms with van der Waals surface area (Å²) in [7, 11) is 0. The Morgan fingerprint density at radius 3 is 1.11 bits per heavy atom. The maximum absolute atomic E-state index is 12.8. The summed E-state index contributed by atoms with van der Waals surface area (Å²) >= 11 is 25.5. The van der Waals surface area contributed by atoms with Crippen molar-refractivity contribution in [1.82, 2.24) is 58.2 Å². The lowest BCUT2D eigenvalue weighted by atomic mass is 10.1. The number of piperazine rings is 2. The molecule has 10 aromatic rings. The summed E-state index contributed by atoms with van der Waals surface area (Å²) in [6, 6.07) is 43.2. The van der Waals surface area contributed by atoms with Crippen LogP contribution in [0.25, 0.3) is 11.4 Å². The molecule has 0 spiro atoms. The van der Waals surface area contributed by atoms with E-state index in [1.54, 1.807) is 68.1 Å². The number of hydrogen-bond donors (Lipinski definition) is 0. The summed E-state index contributed by atoms with van der Waals surface area (Å²) in [5.74, 6) is -0.820. The predicted octanol–water partition coefficient (Wildman–Crippen LogP) is 11.2. The lowest BCUT2D eigenvalue weighted by Gasteiger charge is -2.37. The van der Waals surface area contributed by atoms with E-state index in [1.807, 2.05) is 88.4 Å². The van der Waals surface area contributed by atoms with Crippen LogP contribution >= 0.6 is 46.4 Å². The molecule has 0 bridgehead atoms. The third-order valence-corrected chi connectivity index (χ3v) is 19.4. The van der Waals surface area contributed by atoms with Crippen molar-refractivity contribution in [3.8, 4) is 22.9 Å². The first kappa shape index (κ1) is 67.8. The van der Waals surface area contributed by atoms with Crippen LogP contribution in [0.15, 0.2) is 181 Å². The standard InChI is InChI=1S/2C35H38Cl2N8O4/c2*1-3-25(2)45-34(46)44(24-40-45)29-7-5-27(6-8-29)41-14-16-42(17-15-41)28-9-11-30(12-10-28)47-19-31-20-48-35(49-31,21-43-23-38-22-39-43)32-13-4-26(36)18-33(32)37/h2*4-13,18,22-25,31H,3,14-17,19-21H2,1-2H3/t2*25?,31-,35-/m10/s1. The number of anilines is 4. The smallest absolute Gasteiger partial charge is 0.350 e. The third kappa shape index (κ3) is 15.1. The van der Waals surface area contributed by atoms with Gasteiger partial charge < -0.3 is 48.0 Å². The van der Waals surface area contributed by atoms with Gasteiger partial charge >= 0.3 is 11.4 Å². The van der Waals surface area contributed by atoms with Gasteiger partial charge in [-0.25, -0.2) is 47.4 Å². The second kappa shape index (κ2) is 30.2. The van der Waals surface area contributed by atoms with Gasteiger partial charge in [0.15, 0.2) is 0 Å². The van der Waals surface area contributed by atoms with Crippen molar-refractivity contribution in [2.75, 3.05) is 98.4 Å². The van der Waals surface area contributed by atoms with E-state index in [9.17, 15) is 9.59 Å². The Hall–Kier alpha value is -8.72. The Labute approximate surface area is 586 Å². The molecule has 98 heavy (non-hydrogen) atoms. The van der Waals surface area contributed by atoms with Crippen LogP contribution in [0.5, 0.6) is 11.5 Å². The highest BCUT2D eigenvalue weighted by atomic mass is 35.5. The van der Waals surface area contributed by atoms with Crippen molar-refractivity contribution in [3.63, 3.8) is 0 Å². The van der Waals surface area contributed by atoms with E-state index in [4.69, 9.17) is 74.8 Å². The zero-order valence-corrected chi connectivity index (χ0v) is 57.7. The van der Waals surface area contributed by atoms with Gasteiger partial charge in [-0.2, -0.15) is 20.4 Å². The molecule has 24 nitrogen and oxygen atoms in total. The van der Waals surface area contributed by atoms with Gasteiger partial charge in [0.1, 0.15) is 88.0 Å². The molecule has 4 aliphatic heterocycles. The van der Waals surface area contributed by atoms with Crippen molar-refractivity contribution in [3.05, 3.63) is 224 Å². The molecule has 4 aliphatic rings. The Balaban J connectivity index is 0.000000176. The number of hydrogen-bond acceptors (Lipinski definition) is 18. The van der Waals surface area contributed by atoms with Gasteiger partial charge in [0.2, 0.25) is 11.6 Å². The topological polar surface area (TPSA) is 209 Å². The molecule has 28 heteroatoms. The summed E-state index contributed by atoms with van der Waals surface area (Å²) in [4.78, 5) is 43.2. The summed E-state index contributed by atoms with van der Waals surface area (Å²) < 4.78 is 47.3. The second-order valence-corrected chi connectivity index (χ2v) is 26.3. The zero-order valence-electron chi connectivity index (χ0n) is 54.7. The maximum Gasteiger partial charge on any atom is 0.350 e. The normalized spacial score (nSPS) is 20.1. The molecule has 0 saturated carbocycles. The SMILES string of the molecule is CCC(C)n1ncn(-c2ccc(N3CCN(c4ccc(OC[C@@H]5CO[C@@](Cn6cncn6)(c6ccc(Cl)cc6Cl)O5)cc4)CC3)cc2)c1=O.CCC(C)n1ncn(-c2ccc(N3CCN(c4ccc(OC[C@H]5CO[C@](Cn6cncn6)(c6ccc(Cl)cc6Cl)O5)cc4)CC3)cc2)c1=O. The number of rotatable bonds is 22. The Bertz CT molecular complexity index is 4090. The van der Waals surface area contributed by atoms with Crippen molar-refractivity contribution in [2.45, 2.75) is 89.5 Å². The van der Waals surface area contributed by atoms with Crippen LogP contribution in [0.4, 0.5) is 22.7 Å². The Kier molecular flexibility index (Phi) is 20.9. The largest absolute Gasteiger partial charge is 0.491 e. The molecule has 4 fully saturated rings. The van der Waals surface area contributed by atoms with Gasteiger partial charge in [0.25, 0.3) is 0 Å². The quantitative estimate of drug-likeness (QED) is 0.0618. The molecule has 6 atom stereocenters. The van der Waals surface area contributed by atoms with E-state index in [1.165, 1.54) is 22.0 Å². The highest BCUT2D eigenvalue weighted by Crippen LogP contribution is 2.43. The van der Waals surface area contributed by atoms with Crippen molar-refractivity contribution >= 4 is 69.2 Å². The molecular weight excluding hydrogens is 1330 g/mol. The lowest BCUT2D eigenvalue weighted by molar-refractivity contribution is -0.191. The fraction of sp³-hybridized carbons (Fsp3) is 0.371. The van der Waals surface area contributed by atoms with E-state index < -0.39 is 11.6 Å². The van der Waals surface area contributed by atoms with Crippen LogP contribution in [0, 0.1) is 0 Å². The number of ether oxygens (including phenoxy) is 6. The summed E-state index contributed by atoms with van der Waals surface area (Å²) in [5, 5.41) is 19.0. The highest BCUT2D eigenvalue weighted by molar-refractivity contribution is 6.35. The lowest BCUT2D eigenvalue weighted by Crippen LogP contribution is -2.46. The summed E-state index contributed by atoms with van der Waals surface area (Å²) in [6.45, 7) is 17.0. The average Bonchev–Trinajstić information content (AvgIpc) is 1.60. The van der Waals surface area contributed by atoms with E-state index in [-0.39, 0.29) is 48.8 Å². The minimum absolute atomic E-state index is 0.0645. The summed E-state index contributed by atoms with van der Waals surface area (Å²) in [5.41, 5.74) is 7.28. The fourth-order valence-corrected chi connectivity index (χ4v) is 13.6. The average molecular weight is 1410 g/mol. The molecule has 512 valence electrons. The highest BCUT2D eigenvalue weighted by Gasteiger charge is 2.47. The molecule has 0 radical (unpaired) electrons. The predicted molar refractivity (Wildman–Crippen MR) is 376 cm³/mol. The Morgan fingerprint density at radius 1 is 0.459 bits per heavy atom. The van der Waals surface area contributed by atoms with Crippen molar-refractivity contribution < 1.29 is 28.4 Å². The summed E-state index contributed by atoms with van der Waals surface area (Å²) in [6.07, 6.45) is 10.4. The molecule has 0 aliphatic carbocycles. The third-order valence-electron chi connectivity index (χ3n) is 18.3. The monoisotopic (exact) mass is 1410 g/mol. The first-order valence-corrected chi connectivity index (χ1v) is 34.3. The van der Waals surface area contributed by atoms with Gasteiger partial charge in [-0.1, -0.05) is 72.4 Å². The van der Waals surface area contributed by atoms with Gasteiger partial charge in [-0.3, -0.25) is 0 Å². The van der Waals surface area contributed by atoms with E-state index in [0.717, 1.165) is 111 Å². The fourth-order valence-electron chi connectivity index (χ4n) is 12.5. The first-order chi connectivity index (χ1) is 47.6. The molecule has 6 aromatic carbocycles. The van der Waals surface area contributed by atoms with Crippen molar-refractivity contribution in [1.29, 1.82) is 0 Å². The van der Waals surface area contributed by atoms with Crippen molar-refractivity contribution in [2.24, 2.45) is 0 Å². The Morgan fingerprint density at radius 2 is 0.796 bits per heavy atom. The number of nitrogens with zero attached hydrogens (tertiary/aromatic N) is 16. The number of aromatic nitrogens is 12. The van der Waals surface area contributed by atoms with Gasteiger partial charge in [0.05, 0.1) is 46.7 Å². The molecule has 4 saturated heterocycles. The molecule has 4 aromatic heterocycles. The van der Waals surface area contributed by atoms with Crippen LogP contribution in [0.1, 0.15) is 63.7 Å². The van der Waals surface area contributed by atoms with E-state index >= 15 is 0 Å². The van der Waals surface area contributed by atoms with Crippen LogP contribution in [-0.2, 0) is 43.6 Å². The molecule has 2 unspecified atom stereocenters. The first-order valence-electron chi connectivity index (χ1n) is 32.8. The molecular formula is C70H76Cl4N16O8. The van der Waals surface area contributed by atoms with Gasteiger partial charge in [-0.15, -0.1) is 0 Å². The minimum atomic E-state index is -1.16. The zero-order chi connectivity index (χ0) is 67.9. The van der Waals surface area contributed by atoms with Gasteiger partial charge in [0, 0.05) is 96.3 Å². The minimum Gasteiger partial charge on any atom is -0.491 e.